The first kappa shape index (κ1) is 12.2. The first-order valence-corrected chi connectivity index (χ1v) is 7.40. The zero-order valence-corrected chi connectivity index (χ0v) is 12.1. The molecule has 1 aromatic carbocycles. The maximum atomic E-state index is 11.6. The van der Waals surface area contributed by atoms with Gasteiger partial charge in [0.2, 0.25) is 0 Å². The van der Waals surface area contributed by atoms with Crippen molar-refractivity contribution in [1.82, 2.24) is 0 Å². The average molecular weight is 309 g/mol. The third-order valence-corrected chi connectivity index (χ3v) is 4.77. The zero-order chi connectivity index (χ0) is 12.7. The largest absolute Gasteiger partial charge is 0.489 e. The van der Waals surface area contributed by atoms with Crippen molar-refractivity contribution in [3.63, 3.8) is 0 Å². The van der Waals surface area contributed by atoms with Crippen LogP contribution in [0.15, 0.2) is 22.7 Å². The Morgan fingerprint density at radius 3 is 2.78 bits per heavy atom. The van der Waals surface area contributed by atoms with Gasteiger partial charge in [0.15, 0.2) is 5.78 Å². The van der Waals surface area contributed by atoms with Gasteiger partial charge in [0.1, 0.15) is 11.9 Å². The van der Waals surface area contributed by atoms with E-state index in [1.165, 1.54) is 19.3 Å². The molecule has 1 aromatic rings. The number of hydrogen-bond acceptors (Lipinski definition) is 2. The van der Waals surface area contributed by atoms with Gasteiger partial charge >= 0.3 is 0 Å². The Morgan fingerprint density at radius 1 is 1.33 bits per heavy atom. The van der Waals surface area contributed by atoms with E-state index < -0.39 is 0 Å². The second-order valence-electron chi connectivity index (χ2n) is 5.53. The second kappa shape index (κ2) is 4.69. The van der Waals surface area contributed by atoms with Gasteiger partial charge in [0.05, 0.1) is 5.56 Å². The van der Waals surface area contributed by atoms with Crippen molar-refractivity contribution in [2.45, 2.75) is 38.7 Å². The molecule has 0 heterocycles. The maximum Gasteiger partial charge on any atom is 0.163 e. The molecule has 0 aliphatic heterocycles. The van der Waals surface area contributed by atoms with Crippen LogP contribution in [0.2, 0.25) is 0 Å². The molecule has 0 N–H and O–H groups in total. The van der Waals surface area contributed by atoms with E-state index in [0.717, 1.165) is 22.6 Å². The van der Waals surface area contributed by atoms with E-state index in [2.05, 4.69) is 15.9 Å². The van der Waals surface area contributed by atoms with Crippen LogP contribution in [-0.2, 0) is 0 Å². The molecule has 0 amide bonds. The van der Waals surface area contributed by atoms with Gasteiger partial charge in [-0.25, -0.2) is 0 Å². The molecule has 96 valence electrons. The van der Waals surface area contributed by atoms with Crippen molar-refractivity contribution in [2.75, 3.05) is 0 Å². The van der Waals surface area contributed by atoms with Crippen LogP contribution >= 0.6 is 15.9 Å². The summed E-state index contributed by atoms with van der Waals surface area (Å²) in [5, 5.41) is 0. The predicted octanol–water partition coefficient (Wildman–Crippen LogP) is 4.22. The van der Waals surface area contributed by atoms with E-state index in [0.29, 0.717) is 17.6 Å². The summed E-state index contributed by atoms with van der Waals surface area (Å²) in [6.45, 7) is 1.59. The van der Waals surface area contributed by atoms with Crippen molar-refractivity contribution in [1.29, 1.82) is 0 Å². The highest BCUT2D eigenvalue weighted by Gasteiger charge is 2.41. The van der Waals surface area contributed by atoms with E-state index in [1.807, 2.05) is 18.2 Å². The van der Waals surface area contributed by atoms with Crippen LogP contribution < -0.4 is 4.74 Å². The summed E-state index contributed by atoms with van der Waals surface area (Å²) in [5.74, 6) is 2.37. The Kier molecular flexibility index (Phi) is 3.18. The van der Waals surface area contributed by atoms with Gasteiger partial charge in [0.25, 0.3) is 0 Å². The fourth-order valence-electron chi connectivity index (χ4n) is 3.38. The van der Waals surface area contributed by atoms with Crippen LogP contribution in [0.4, 0.5) is 0 Å². The van der Waals surface area contributed by atoms with Crippen LogP contribution in [-0.4, -0.2) is 11.9 Å². The smallest absolute Gasteiger partial charge is 0.163 e. The van der Waals surface area contributed by atoms with Gasteiger partial charge in [-0.2, -0.15) is 0 Å². The summed E-state index contributed by atoms with van der Waals surface area (Å²) in [5.41, 5.74) is 0.695. The van der Waals surface area contributed by atoms with Gasteiger partial charge in [-0.15, -0.1) is 0 Å². The Morgan fingerprint density at radius 2 is 2.17 bits per heavy atom. The Labute approximate surface area is 116 Å². The van der Waals surface area contributed by atoms with Crippen LogP contribution in [0.1, 0.15) is 43.0 Å². The minimum absolute atomic E-state index is 0.0701. The molecule has 2 aliphatic carbocycles. The van der Waals surface area contributed by atoms with Crippen molar-refractivity contribution < 1.29 is 9.53 Å². The summed E-state index contributed by atoms with van der Waals surface area (Å²) < 4.78 is 7.10. The normalized spacial score (nSPS) is 29.6. The lowest BCUT2D eigenvalue weighted by Crippen LogP contribution is -2.24. The lowest BCUT2D eigenvalue weighted by Gasteiger charge is -2.24. The molecule has 2 aliphatic rings. The molecule has 3 heteroatoms. The Balaban J connectivity index is 1.83. The number of fused-ring (bicyclic) bond motifs is 2. The quantitative estimate of drug-likeness (QED) is 0.782. The highest BCUT2D eigenvalue weighted by molar-refractivity contribution is 9.10. The summed E-state index contributed by atoms with van der Waals surface area (Å²) in [4.78, 5) is 11.6. The third kappa shape index (κ3) is 2.20. The molecular weight excluding hydrogens is 292 g/mol. The number of carbonyl (C=O) groups is 1. The fraction of sp³-hybridized carbons (Fsp3) is 0.533. The first-order chi connectivity index (χ1) is 8.63. The van der Waals surface area contributed by atoms with Crippen molar-refractivity contribution >= 4 is 21.7 Å². The van der Waals surface area contributed by atoms with Gasteiger partial charge in [-0.1, -0.05) is 15.9 Å². The lowest BCUT2D eigenvalue weighted by molar-refractivity contribution is 0.0996. The fourth-order valence-corrected chi connectivity index (χ4v) is 3.72. The van der Waals surface area contributed by atoms with Crippen molar-refractivity contribution in [3.8, 4) is 5.75 Å². The molecule has 0 radical (unpaired) electrons. The highest BCUT2D eigenvalue weighted by Crippen LogP contribution is 2.46. The monoisotopic (exact) mass is 308 g/mol. The molecule has 3 atom stereocenters. The number of carbonyl (C=O) groups excluding carboxylic acids is 1. The molecule has 2 fully saturated rings. The summed E-state index contributed by atoms with van der Waals surface area (Å²) >= 11 is 3.44. The Hall–Kier alpha value is -0.830. The zero-order valence-electron chi connectivity index (χ0n) is 10.5. The molecule has 0 saturated heterocycles. The summed E-state index contributed by atoms with van der Waals surface area (Å²) in [6.07, 6.45) is 5.44. The predicted molar refractivity (Wildman–Crippen MR) is 74.0 cm³/mol. The second-order valence-corrected chi connectivity index (χ2v) is 6.44. The molecular formula is C15H17BrO2. The summed E-state index contributed by atoms with van der Waals surface area (Å²) in [6, 6.07) is 5.65. The minimum atomic E-state index is 0.0701. The first-order valence-electron chi connectivity index (χ1n) is 6.60. The lowest BCUT2D eigenvalue weighted by atomic mass is 9.97. The standard InChI is InChI=1S/C15H17BrO2/c1-9(17)13-5-4-12(16)8-15(13)18-14-7-10-2-3-11(14)6-10/h4-5,8,10-11,14H,2-3,6-7H2,1H3. The Bertz CT molecular complexity index is 483. The number of ether oxygens (including phenoxy) is 1. The molecule has 0 spiro atoms. The van der Waals surface area contributed by atoms with E-state index in [-0.39, 0.29) is 5.78 Å². The van der Waals surface area contributed by atoms with Gasteiger partial charge in [0, 0.05) is 4.47 Å². The van der Waals surface area contributed by atoms with Crippen LogP contribution in [0, 0.1) is 11.8 Å². The number of ketones is 1. The number of benzene rings is 1. The van der Waals surface area contributed by atoms with Gasteiger partial charge < -0.3 is 4.74 Å². The topological polar surface area (TPSA) is 26.3 Å². The van der Waals surface area contributed by atoms with Crippen molar-refractivity contribution in [2.24, 2.45) is 11.8 Å². The molecule has 0 aromatic heterocycles. The SMILES string of the molecule is CC(=O)c1ccc(Br)cc1OC1CC2CCC1C2. The average Bonchev–Trinajstić information content (AvgIpc) is 2.90. The third-order valence-electron chi connectivity index (χ3n) is 4.27. The van der Waals surface area contributed by atoms with E-state index >= 15 is 0 Å². The van der Waals surface area contributed by atoms with E-state index in [9.17, 15) is 4.79 Å². The van der Waals surface area contributed by atoms with E-state index in [4.69, 9.17) is 4.74 Å². The highest BCUT2D eigenvalue weighted by atomic mass is 79.9. The summed E-state index contributed by atoms with van der Waals surface area (Å²) in [7, 11) is 0. The molecule has 3 unspecified atom stereocenters. The van der Waals surface area contributed by atoms with Gasteiger partial charge in [-0.3, -0.25) is 4.79 Å². The number of rotatable bonds is 3. The molecule has 2 bridgehead atoms. The minimum Gasteiger partial charge on any atom is -0.489 e. The van der Waals surface area contributed by atoms with Crippen LogP contribution in [0.3, 0.4) is 0 Å². The number of Topliss-reactive ketones (excluding diaryl/α,β-unsaturated/α-hetero) is 1. The van der Waals surface area contributed by atoms with Crippen LogP contribution in [0.25, 0.3) is 0 Å². The molecule has 18 heavy (non-hydrogen) atoms. The molecule has 2 nitrogen and oxygen atoms in total. The number of hydrogen-bond donors (Lipinski definition) is 0. The van der Waals surface area contributed by atoms with Crippen LogP contribution in [0.5, 0.6) is 5.75 Å². The molecule has 3 rings (SSSR count). The maximum absolute atomic E-state index is 11.6. The van der Waals surface area contributed by atoms with Gasteiger partial charge in [-0.05, 0) is 62.6 Å². The number of halogens is 1. The van der Waals surface area contributed by atoms with E-state index in [1.54, 1.807) is 6.92 Å². The molecule has 2 saturated carbocycles. The van der Waals surface area contributed by atoms with Crippen molar-refractivity contribution in [3.05, 3.63) is 28.2 Å².